The average Bonchev–Trinajstić information content (AvgIpc) is 2.33. The SMILES string of the molecule is O=C(Oc1ccccc1)c1cc(Cl)ccc1O. The van der Waals surface area contributed by atoms with E-state index in [1.165, 1.54) is 18.2 Å². The number of carbonyl (C=O) groups is 1. The van der Waals surface area contributed by atoms with Gasteiger partial charge in [0, 0.05) is 5.02 Å². The van der Waals surface area contributed by atoms with E-state index in [1.807, 2.05) is 6.07 Å². The minimum Gasteiger partial charge on any atom is -0.507 e. The summed E-state index contributed by atoms with van der Waals surface area (Å²) in [5.74, 6) is -0.386. The van der Waals surface area contributed by atoms with Crippen LogP contribution in [0.2, 0.25) is 5.02 Å². The highest BCUT2D eigenvalue weighted by Crippen LogP contribution is 2.23. The number of benzene rings is 2. The highest BCUT2D eigenvalue weighted by Gasteiger charge is 2.13. The molecule has 0 atom stereocenters. The molecule has 2 rings (SSSR count). The van der Waals surface area contributed by atoms with Crippen LogP contribution in [-0.2, 0) is 0 Å². The molecule has 0 aliphatic carbocycles. The Kier molecular flexibility index (Phi) is 3.30. The molecule has 0 saturated carbocycles. The molecule has 0 aliphatic heterocycles. The minimum absolute atomic E-state index is 0.0429. The van der Waals surface area contributed by atoms with Crippen molar-refractivity contribution in [3.63, 3.8) is 0 Å². The number of carbonyl (C=O) groups excluding carboxylic acids is 1. The quantitative estimate of drug-likeness (QED) is 0.655. The number of aromatic hydroxyl groups is 1. The summed E-state index contributed by atoms with van der Waals surface area (Å²) in [5.41, 5.74) is 0.0429. The van der Waals surface area contributed by atoms with Crippen LogP contribution in [0.3, 0.4) is 0 Å². The molecule has 1 N–H and O–H groups in total. The Balaban J connectivity index is 2.23. The molecular formula is C13H9ClO3. The second-order valence-corrected chi connectivity index (χ2v) is 3.80. The van der Waals surface area contributed by atoms with E-state index in [1.54, 1.807) is 24.3 Å². The van der Waals surface area contributed by atoms with Gasteiger partial charge >= 0.3 is 5.97 Å². The largest absolute Gasteiger partial charge is 0.507 e. The molecule has 0 spiro atoms. The fourth-order valence-electron chi connectivity index (χ4n) is 1.32. The molecule has 3 nitrogen and oxygen atoms in total. The number of phenolic OH excluding ortho intramolecular Hbond substituents is 1. The van der Waals surface area contributed by atoms with Crippen LogP contribution in [0.15, 0.2) is 48.5 Å². The highest BCUT2D eigenvalue weighted by molar-refractivity contribution is 6.31. The van der Waals surface area contributed by atoms with Gasteiger partial charge in [-0.3, -0.25) is 0 Å². The minimum atomic E-state index is -0.642. The Morgan fingerprint density at radius 2 is 1.82 bits per heavy atom. The van der Waals surface area contributed by atoms with Crippen molar-refractivity contribution in [3.8, 4) is 11.5 Å². The van der Waals surface area contributed by atoms with Gasteiger partial charge in [-0.1, -0.05) is 29.8 Å². The van der Waals surface area contributed by atoms with Crippen LogP contribution in [0.1, 0.15) is 10.4 Å². The van der Waals surface area contributed by atoms with Gasteiger partial charge in [0.05, 0.1) is 0 Å². The third-order valence-electron chi connectivity index (χ3n) is 2.13. The maximum atomic E-state index is 11.7. The van der Waals surface area contributed by atoms with Gasteiger partial charge in [-0.25, -0.2) is 4.79 Å². The lowest BCUT2D eigenvalue weighted by Crippen LogP contribution is -2.08. The van der Waals surface area contributed by atoms with Crippen molar-refractivity contribution in [3.05, 3.63) is 59.1 Å². The molecule has 0 bridgehead atoms. The van der Waals surface area contributed by atoms with Gasteiger partial charge < -0.3 is 9.84 Å². The van der Waals surface area contributed by atoms with Crippen LogP contribution < -0.4 is 4.74 Å². The summed E-state index contributed by atoms with van der Waals surface area (Å²) in [6, 6.07) is 12.8. The van der Waals surface area contributed by atoms with E-state index in [9.17, 15) is 9.90 Å². The second-order valence-electron chi connectivity index (χ2n) is 3.36. The zero-order valence-corrected chi connectivity index (χ0v) is 9.52. The van der Waals surface area contributed by atoms with Crippen LogP contribution in [0.25, 0.3) is 0 Å². The van der Waals surface area contributed by atoms with Gasteiger partial charge in [0.2, 0.25) is 0 Å². The predicted octanol–water partition coefficient (Wildman–Crippen LogP) is 3.26. The van der Waals surface area contributed by atoms with E-state index >= 15 is 0 Å². The molecule has 0 radical (unpaired) electrons. The summed E-state index contributed by atoms with van der Waals surface area (Å²) >= 11 is 5.74. The molecular weight excluding hydrogens is 240 g/mol. The van der Waals surface area contributed by atoms with Crippen molar-refractivity contribution in [2.75, 3.05) is 0 Å². The predicted molar refractivity (Wildman–Crippen MR) is 64.5 cm³/mol. The first kappa shape index (κ1) is 11.5. The van der Waals surface area contributed by atoms with Crippen molar-refractivity contribution in [1.29, 1.82) is 0 Å². The molecule has 0 saturated heterocycles. The van der Waals surface area contributed by atoms with Crippen molar-refractivity contribution >= 4 is 17.6 Å². The lowest BCUT2D eigenvalue weighted by molar-refractivity contribution is 0.0731. The zero-order valence-electron chi connectivity index (χ0n) is 8.76. The molecule has 0 heterocycles. The summed E-state index contributed by atoms with van der Waals surface area (Å²) in [7, 11) is 0. The standard InChI is InChI=1S/C13H9ClO3/c14-9-6-7-12(15)11(8-9)13(16)17-10-4-2-1-3-5-10/h1-8,15H. The third-order valence-corrected chi connectivity index (χ3v) is 2.37. The van der Waals surface area contributed by atoms with Gasteiger partial charge in [0.25, 0.3) is 0 Å². The molecule has 4 heteroatoms. The molecule has 0 aliphatic rings. The van der Waals surface area contributed by atoms with E-state index in [0.717, 1.165) is 0 Å². The summed E-state index contributed by atoms with van der Waals surface area (Å²) in [5, 5.41) is 9.89. The van der Waals surface area contributed by atoms with Crippen molar-refractivity contribution in [2.45, 2.75) is 0 Å². The van der Waals surface area contributed by atoms with Gasteiger partial charge in [0.1, 0.15) is 17.1 Å². The Labute approximate surface area is 103 Å². The maximum Gasteiger partial charge on any atom is 0.347 e. The zero-order chi connectivity index (χ0) is 12.3. The van der Waals surface area contributed by atoms with Gasteiger partial charge in [-0.05, 0) is 30.3 Å². The summed E-state index contributed by atoms with van der Waals surface area (Å²) in [6.45, 7) is 0. The van der Waals surface area contributed by atoms with Gasteiger partial charge in [0.15, 0.2) is 0 Å². The second kappa shape index (κ2) is 4.89. The van der Waals surface area contributed by atoms with Crippen LogP contribution in [-0.4, -0.2) is 11.1 Å². The number of halogens is 1. The van der Waals surface area contributed by atoms with E-state index in [4.69, 9.17) is 16.3 Å². The molecule has 86 valence electrons. The normalized spacial score (nSPS) is 9.94. The van der Waals surface area contributed by atoms with Gasteiger partial charge in [-0.2, -0.15) is 0 Å². The number of phenols is 1. The number of hydrogen-bond donors (Lipinski definition) is 1. The monoisotopic (exact) mass is 248 g/mol. The van der Waals surface area contributed by atoms with Crippen LogP contribution in [0.5, 0.6) is 11.5 Å². The first-order valence-corrected chi connectivity index (χ1v) is 5.30. The van der Waals surface area contributed by atoms with Crippen LogP contribution in [0, 0.1) is 0 Å². The average molecular weight is 249 g/mol. The lowest BCUT2D eigenvalue weighted by atomic mass is 10.2. The number of ether oxygens (including phenoxy) is 1. The topological polar surface area (TPSA) is 46.5 Å². The van der Waals surface area contributed by atoms with E-state index in [0.29, 0.717) is 10.8 Å². The summed E-state index contributed by atoms with van der Waals surface area (Å²) < 4.78 is 5.08. The third kappa shape index (κ3) is 2.77. The Morgan fingerprint density at radius 3 is 2.53 bits per heavy atom. The maximum absolute atomic E-state index is 11.7. The Bertz CT molecular complexity index is 538. The molecule has 0 fully saturated rings. The highest BCUT2D eigenvalue weighted by atomic mass is 35.5. The molecule has 17 heavy (non-hydrogen) atoms. The fourth-order valence-corrected chi connectivity index (χ4v) is 1.49. The number of rotatable bonds is 2. The summed E-state index contributed by atoms with van der Waals surface area (Å²) in [6.07, 6.45) is 0. The first-order chi connectivity index (χ1) is 8.16. The smallest absolute Gasteiger partial charge is 0.347 e. The fraction of sp³-hybridized carbons (Fsp3) is 0. The van der Waals surface area contributed by atoms with Crippen LogP contribution >= 0.6 is 11.6 Å². The van der Waals surface area contributed by atoms with Crippen LogP contribution in [0.4, 0.5) is 0 Å². The molecule has 0 aromatic heterocycles. The lowest BCUT2D eigenvalue weighted by Gasteiger charge is -2.05. The molecule has 2 aromatic rings. The Morgan fingerprint density at radius 1 is 1.12 bits per heavy atom. The van der Waals surface area contributed by atoms with Crippen molar-refractivity contribution < 1.29 is 14.6 Å². The number of hydrogen-bond acceptors (Lipinski definition) is 3. The van der Waals surface area contributed by atoms with Gasteiger partial charge in [-0.15, -0.1) is 0 Å². The van der Waals surface area contributed by atoms with E-state index in [2.05, 4.69) is 0 Å². The molecule has 0 unspecified atom stereocenters. The molecule has 0 amide bonds. The van der Waals surface area contributed by atoms with Crippen molar-refractivity contribution in [1.82, 2.24) is 0 Å². The number of para-hydroxylation sites is 1. The number of esters is 1. The van der Waals surface area contributed by atoms with E-state index < -0.39 is 5.97 Å². The van der Waals surface area contributed by atoms with E-state index in [-0.39, 0.29) is 11.3 Å². The first-order valence-electron chi connectivity index (χ1n) is 4.92. The van der Waals surface area contributed by atoms with Crippen molar-refractivity contribution in [2.24, 2.45) is 0 Å². The Hall–Kier alpha value is -2.00. The molecule has 2 aromatic carbocycles. The summed E-state index contributed by atoms with van der Waals surface area (Å²) in [4.78, 5) is 11.7.